The Morgan fingerprint density at radius 2 is 1.86 bits per heavy atom. The van der Waals surface area contributed by atoms with E-state index in [0.717, 1.165) is 65.8 Å². The van der Waals surface area contributed by atoms with Gasteiger partial charge >= 0.3 is 0 Å². The lowest BCUT2D eigenvalue weighted by Gasteiger charge is -2.22. The smallest absolute Gasteiger partial charge is 0.161 e. The standard InChI is InChI=1S/C28H30FN7O/c1-36(2)12-13-37-20-15-18(14-19(29)16-20)21-4-3-5-23-25(21)33-28(32-23)27-26-24(34-35-27)7-6-22(31-26)17-8-10-30-11-9-17/h3-7,14-17,30H,8-13H2,1-2H3,(H,32,33)(H,34,35). The zero-order valence-corrected chi connectivity index (χ0v) is 21.0. The van der Waals surface area contributed by atoms with Gasteiger partial charge in [0.25, 0.3) is 0 Å². The number of rotatable bonds is 7. The molecule has 0 bridgehead atoms. The van der Waals surface area contributed by atoms with Gasteiger partial charge in [0.1, 0.15) is 23.7 Å². The summed E-state index contributed by atoms with van der Waals surface area (Å²) >= 11 is 0. The van der Waals surface area contributed by atoms with E-state index in [0.29, 0.717) is 35.4 Å². The molecule has 8 nitrogen and oxygen atoms in total. The van der Waals surface area contributed by atoms with Crippen LogP contribution in [-0.2, 0) is 0 Å². The average Bonchev–Trinajstić information content (AvgIpc) is 3.52. The zero-order valence-electron chi connectivity index (χ0n) is 21.0. The Bertz CT molecular complexity index is 1550. The van der Waals surface area contributed by atoms with Crippen LogP contribution in [0, 0.1) is 5.82 Å². The summed E-state index contributed by atoms with van der Waals surface area (Å²) < 4.78 is 20.4. The van der Waals surface area contributed by atoms with E-state index in [4.69, 9.17) is 14.7 Å². The molecule has 0 spiro atoms. The van der Waals surface area contributed by atoms with Gasteiger partial charge in [0.2, 0.25) is 0 Å². The molecule has 0 radical (unpaired) electrons. The summed E-state index contributed by atoms with van der Waals surface area (Å²) in [5.41, 5.74) is 6.57. The number of fused-ring (bicyclic) bond motifs is 2. The van der Waals surface area contributed by atoms with Crippen LogP contribution >= 0.6 is 0 Å². The molecule has 5 aromatic rings. The molecule has 3 aromatic heterocycles. The van der Waals surface area contributed by atoms with Crippen LogP contribution in [-0.4, -0.2) is 70.4 Å². The number of ether oxygens (including phenoxy) is 1. The van der Waals surface area contributed by atoms with Gasteiger partial charge in [-0.15, -0.1) is 0 Å². The van der Waals surface area contributed by atoms with Gasteiger partial charge in [-0.1, -0.05) is 12.1 Å². The summed E-state index contributed by atoms with van der Waals surface area (Å²) in [7, 11) is 3.95. The number of H-pyrrole nitrogens is 2. The van der Waals surface area contributed by atoms with E-state index in [2.05, 4.69) is 32.6 Å². The number of nitrogens with zero attached hydrogens (tertiary/aromatic N) is 4. The van der Waals surface area contributed by atoms with Crippen LogP contribution in [0.4, 0.5) is 4.39 Å². The number of para-hydroxylation sites is 1. The molecule has 6 rings (SSSR count). The Hall–Kier alpha value is -3.82. The van der Waals surface area contributed by atoms with Crippen LogP contribution in [0.2, 0.25) is 0 Å². The first-order valence-electron chi connectivity index (χ1n) is 12.7. The first-order valence-corrected chi connectivity index (χ1v) is 12.7. The van der Waals surface area contributed by atoms with Crippen molar-refractivity contribution in [2.24, 2.45) is 0 Å². The summed E-state index contributed by atoms with van der Waals surface area (Å²) in [6.45, 7) is 3.25. The molecular formula is C28H30FN7O. The number of benzene rings is 2. The van der Waals surface area contributed by atoms with Crippen molar-refractivity contribution in [3.63, 3.8) is 0 Å². The minimum atomic E-state index is -0.349. The molecule has 9 heteroatoms. The molecule has 2 aromatic carbocycles. The number of aromatic amines is 2. The average molecular weight is 500 g/mol. The lowest BCUT2D eigenvalue weighted by molar-refractivity contribution is 0.260. The van der Waals surface area contributed by atoms with Gasteiger partial charge in [0, 0.05) is 29.8 Å². The Morgan fingerprint density at radius 1 is 1.00 bits per heavy atom. The van der Waals surface area contributed by atoms with Crippen molar-refractivity contribution in [3.8, 4) is 28.4 Å². The molecule has 0 saturated carbocycles. The largest absolute Gasteiger partial charge is 0.492 e. The van der Waals surface area contributed by atoms with Crippen LogP contribution in [0.5, 0.6) is 5.75 Å². The first kappa shape index (κ1) is 23.6. The van der Waals surface area contributed by atoms with Crippen molar-refractivity contribution in [1.29, 1.82) is 0 Å². The van der Waals surface area contributed by atoms with Gasteiger partial charge in [0.15, 0.2) is 11.5 Å². The fourth-order valence-electron chi connectivity index (χ4n) is 4.95. The monoisotopic (exact) mass is 499 g/mol. The summed E-state index contributed by atoms with van der Waals surface area (Å²) in [5, 5.41) is 11.1. The molecule has 0 amide bonds. The summed E-state index contributed by atoms with van der Waals surface area (Å²) in [4.78, 5) is 15.3. The summed E-state index contributed by atoms with van der Waals surface area (Å²) in [6, 6.07) is 14.8. The Morgan fingerprint density at radius 3 is 2.70 bits per heavy atom. The second kappa shape index (κ2) is 9.91. The second-order valence-corrected chi connectivity index (χ2v) is 9.84. The molecule has 1 saturated heterocycles. The van der Waals surface area contributed by atoms with Gasteiger partial charge in [-0.2, -0.15) is 5.10 Å². The van der Waals surface area contributed by atoms with Crippen LogP contribution in [0.25, 0.3) is 44.7 Å². The Kier molecular flexibility index (Phi) is 6.31. The van der Waals surface area contributed by atoms with E-state index in [1.165, 1.54) is 12.1 Å². The summed E-state index contributed by atoms with van der Waals surface area (Å²) in [6.07, 6.45) is 2.16. The molecule has 37 heavy (non-hydrogen) atoms. The van der Waals surface area contributed by atoms with E-state index in [1.54, 1.807) is 0 Å². The van der Waals surface area contributed by atoms with E-state index >= 15 is 0 Å². The van der Waals surface area contributed by atoms with Crippen molar-refractivity contribution in [3.05, 3.63) is 60.0 Å². The van der Waals surface area contributed by atoms with Crippen LogP contribution in [0.15, 0.2) is 48.5 Å². The van der Waals surface area contributed by atoms with E-state index in [-0.39, 0.29) is 5.82 Å². The van der Waals surface area contributed by atoms with Gasteiger partial charge in [-0.25, -0.2) is 14.4 Å². The van der Waals surface area contributed by atoms with Gasteiger partial charge in [-0.3, -0.25) is 5.10 Å². The molecule has 3 N–H and O–H groups in total. The molecule has 0 aliphatic carbocycles. The highest BCUT2D eigenvalue weighted by atomic mass is 19.1. The number of imidazole rings is 1. The molecule has 1 fully saturated rings. The maximum absolute atomic E-state index is 14.5. The Balaban J connectivity index is 1.37. The SMILES string of the molecule is CN(C)CCOc1cc(F)cc(-c2cccc3[nH]c(-c4n[nH]c5ccc(C6CCNCC6)nc45)nc23)c1. The van der Waals surface area contributed by atoms with Crippen molar-refractivity contribution < 1.29 is 9.13 Å². The van der Waals surface area contributed by atoms with Crippen LogP contribution in [0.1, 0.15) is 24.5 Å². The van der Waals surface area contributed by atoms with E-state index in [1.807, 2.05) is 43.3 Å². The number of halogens is 1. The van der Waals surface area contributed by atoms with Crippen molar-refractivity contribution in [2.75, 3.05) is 40.3 Å². The minimum Gasteiger partial charge on any atom is -0.492 e. The number of likely N-dealkylation sites (N-methyl/N-ethyl adjacent to an activating group) is 1. The number of pyridine rings is 1. The fourth-order valence-corrected chi connectivity index (χ4v) is 4.95. The highest BCUT2D eigenvalue weighted by Gasteiger charge is 2.20. The molecule has 0 unspecified atom stereocenters. The lowest BCUT2D eigenvalue weighted by atomic mass is 9.94. The van der Waals surface area contributed by atoms with Crippen LogP contribution < -0.4 is 10.1 Å². The minimum absolute atomic E-state index is 0.349. The quantitative estimate of drug-likeness (QED) is 0.300. The molecule has 190 valence electrons. The zero-order chi connectivity index (χ0) is 25.4. The predicted molar refractivity (Wildman–Crippen MR) is 143 cm³/mol. The number of hydrogen-bond donors (Lipinski definition) is 3. The van der Waals surface area contributed by atoms with Gasteiger partial charge in [-0.05, 0) is 75.9 Å². The number of aromatic nitrogens is 5. The normalized spacial score (nSPS) is 14.7. The molecule has 4 heterocycles. The highest BCUT2D eigenvalue weighted by molar-refractivity contribution is 5.96. The molecule has 0 atom stereocenters. The third kappa shape index (κ3) is 4.80. The van der Waals surface area contributed by atoms with E-state index in [9.17, 15) is 4.39 Å². The molecule has 1 aliphatic heterocycles. The predicted octanol–water partition coefficient (Wildman–Crippen LogP) is 4.71. The van der Waals surface area contributed by atoms with Crippen molar-refractivity contribution >= 4 is 22.1 Å². The maximum atomic E-state index is 14.5. The lowest BCUT2D eigenvalue weighted by Crippen LogP contribution is -2.27. The fraction of sp³-hybridized carbons (Fsp3) is 0.321. The highest BCUT2D eigenvalue weighted by Crippen LogP contribution is 2.34. The summed E-state index contributed by atoms with van der Waals surface area (Å²) in [5.74, 6) is 1.22. The Labute approximate surface area is 214 Å². The molecular weight excluding hydrogens is 469 g/mol. The first-order chi connectivity index (χ1) is 18.0. The van der Waals surface area contributed by atoms with Gasteiger partial charge < -0.3 is 19.9 Å². The number of piperidine rings is 1. The number of hydrogen-bond acceptors (Lipinski definition) is 6. The third-order valence-corrected chi connectivity index (χ3v) is 6.91. The van der Waals surface area contributed by atoms with E-state index < -0.39 is 0 Å². The van der Waals surface area contributed by atoms with Crippen molar-refractivity contribution in [1.82, 2.24) is 35.4 Å². The second-order valence-electron chi connectivity index (χ2n) is 9.84. The molecule has 1 aliphatic rings. The van der Waals surface area contributed by atoms with Crippen LogP contribution in [0.3, 0.4) is 0 Å². The third-order valence-electron chi connectivity index (χ3n) is 6.91. The van der Waals surface area contributed by atoms with Crippen molar-refractivity contribution in [2.45, 2.75) is 18.8 Å². The topological polar surface area (TPSA) is 94.8 Å². The maximum Gasteiger partial charge on any atom is 0.161 e. The number of nitrogens with one attached hydrogen (secondary N) is 3. The van der Waals surface area contributed by atoms with Gasteiger partial charge in [0.05, 0.1) is 16.6 Å².